The number of carbonyl (C=O) groups is 2. The maximum Gasteiger partial charge on any atom is 0.164 e. The van der Waals surface area contributed by atoms with Gasteiger partial charge < -0.3 is 0 Å². The van der Waals surface area contributed by atoms with Crippen LogP contribution in [0.4, 0.5) is 0 Å². The Kier molecular flexibility index (Phi) is 4.84. The van der Waals surface area contributed by atoms with E-state index < -0.39 is 0 Å². The van der Waals surface area contributed by atoms with Crippen molar-refractivity contribution in [3.8, 4) is 11.1 Å². The average Bonchev–Trinajstić information content (AvgIpc) is 2.91. The minimum absolute atomic E-state index is 0.0664. The van der Waals surface area contributed by atoms with Crippen LogP contribution >= 0.6 is 23.2 Å². The smallest absolute Gasteiger partial charge is 0.164 e. The molecule has 2 aromatic carbocycles. The largest absolute Gasteiger partial charge is 0.294 e. The lowest BCUT2D eigenvalue weighted by molar-refractivity contribution is 0.0981. The maximum atomic E-state index is 12.0. The summed E-state index contributed by atoms with van der Waals surface area (Å²) < 4.78 is 0. The standard InChI is InChI=1S/C19H16Cl2O2/c20-7-5-18(22)12-1-3-16-14(9-12)11-15-10-13(2-4-17(15)16)19(23)6-8-21/h1-4,9-10H,5-8,11H2. The SMILES string of the molecule is O=C(CCCl)c1ccc2c(c1)Cc1cc(C(=O)CCCl)ccc1-2. The van der Waals surface area contributed by atoms with Gasteiger partial charge in [0.15, 0.2) is 11.6 Å². The molecule has 0 unspecified atom stereocenters. The van der Waals surface area contributed by atoms with E-state index in [1.807, 2.05) is 36.4 Å². The van der Waals surface area contributed by atoms with E-state index >= 15 is 0 Å². The molecule has 4 heteroatoms. The highest BCUT2D eigenvalue weighted by Crippen LogP contribution is 2.37. The summed E-state index contributed by atoms with van der Waals surface area (Å²) in [5, 5.41) is 0. The zero-order valence-corrected chi connectivity index (χ0v) is 14.1. The van der Waals surface area contributed by atoms with Crippen LogP contribution < -0.4 is 0 Å². The predicted octanol–water partition coefficient (Wildman–Crippen LogP) is 4.88. The molecule has 0 fully saturated rings. The molecule has 1 aliphatic carbocycles. The van der Waals surface area contributed by atoms with E-state index in [-0.39, 0.29) is 11.6 Å². The minimum Gasteiger partial charge on any atom is -0.294 e. The van der Waals surface area contributed by atoms with Gasteiger partial charge >= 0.3 is 0 Å². The molecule has 0 amide bonds. The van der Waals surface area contributed by atoms with Crippen LogP contribution in [0, 0.1) is 0 Å². The molecule has 0 bridgehead atoms. The number of benzene rings is 2. The Morgan fingerprint density at radius 2 is 1.22 bits per heavy atom. The number of hydrogen-bond acceptors (Lipinski definition) is 2. The molecule has 0 saturated carbocycles. The molecule has 0 aromatic heterocycles. The lowest BCUT2D eigenvalue weighted by Gasteiger charge is -2.05. The number of hydrogen-bond donors (Lipinski definition) is 0. The van der Waals surface area contributed by atoms with Gasteiger partial charge in [-0.3, -0.25) is 9.59 Å². The first kappa shape index (κ1) is 16.2. The highest BCUT2D eigenvalue weighted by molar-refractivity contribution is 6.20. The molecule has 23 heavy (non-hydrogen) atoms. The Bertz CT molecular complexity index is 715. The number of Topliss-reactive ketones (excluding diaryl/α,β-unsaturated/α-hetero) is 2. The Labute approximate surface area is 145 Å². The van der Waals surface area contributed by atoms with E-state index in [0.717, 1.165) is 28.7 Å². The van der Waals surface area contributed by atoms with E-state index in [2.05, 4.69) is 0 Å². The molecule has 0 saturated heterocycles. The van der Waals surface area contributed by atoms with Crippen molar-refractivity contribution in [2.24, 2.45) is 0 Å². The number of halogens is 2. The van der Waals surface area contributed by atoms with Crippen LogP contribution in [0.25, 0.3) is 11.1 Å². The van der Waals surface area contributed by atoms with Crippen molar-refractivity contribution in [1.29, 1.82) is 0 Å². The molecule has 2 nitrogen and oxygen atoms in total. The number of carbonyl (C=O) groups excluding carboxylic acids is 2. The monoisotopic (exact) mass is 346 g/mol. The van der Waals surface area contributed by atoms with Gasteiger partial charge in [0.05, 0.1) is 0 Å². The van der Waals surface area contributed by atoms with E-state index in [1.54, 1.807) is 0 Å². The maximum absolute atomic E-state index is 12.0. The van der Waals surface area contributed by atoms with Crippen LogP contribution in [0.3, 0.4) is 0 Å². The first-order valence-corrected chi connectivity index (χ1v) is 8.65. The normalized spacial score (nSPS) is 11.9. The van der Waals surface area contributed by atoms with Crippen molar-refractivity contribution in [2.75, 3.05) is 11.8 Å². The summed E-state index contributed by atoms with van der Waals surface area (Å²) in [6.07, 6.45) is 1.45. The van der Waals surface area contributed by atoms with Gasteiger partial charge in [-0.1, -0.05) is 24.3 Å². The lowest BCUT2D eigenvalue weighted by atomic mass is 9.99. The quantitative estimate of drug-likeness (QED) is 0.470. The van der Waals surface area contributed by atoms with Gasteiger partial charge in [-0.25, -0.2) is 0 Å². The zero-order chi connectivity index (χ0) is 16.4. The third-order valence-corrected chi connectivity index (χ3v) is 4.55. The van der Waals surface area contributed by atoms with Gasteiger partial charge in [0.25, 0.3) is 0 Å². The third kappa shape index (κ3) is 3.19. The molecule has 3 rings (SSSR count). The molecule has 0 N–H and O–H groups in total. The molecule has 0 atom stereocenters. The number of ketones is 2. The van der Waals surface area contributed by atoms with E-state index in [4.69, 9.17) is 23.2 Å². The molecular weight excluding hydrogens is 331 g/mol. The second-order valence-electron chi connectivity index (χ2n) is 5.64. The Morgan fingerprint density at radius 3 is 1.61 bits per heavy atom. The fraction of sp³-hybridized carbons (Fsp3) is 0.263. The fourth-order valence-corrected chi connectivity index (χ4v) is 3.36. The van der Waals surface area contributed by atoms with Crippen molar-refractivity contribution < 1.29 is 9.59 Å². The summed E-state index contributed by atoms with van der Waals surface area (Å²) in [4.78, 5) is 24.0. The van der Waals surface area contributed by atoms with Crippen LogP contribution in [-0.2, 0) is 6.42 Å². The summed E-state index contributed by atoms with van der Waals surface area (Å²) >= 11 is 11.3. The third-order valence-electron chi connectivity index (χ3n) is 4.17. The zero-order valence-electron chi connectivity index (χ0n) is 12.6. The highest BCUT2D eigenvalue weighted by atomic mass is 35.5. The first-order valence-electron chi connectivity index (χ1n) is 7.58. The second kappa shape index (κ2) is 6.86. The van der Waals surface area contributed by atoms with Crippen LogP contribution in [0.1, 0.15) is 44.7 Å². The van der Waals surface area contributed by atoms with Crippen molar-refractivity contribution in [3.63, 3.8) is 0 Å². The topological polar surface area (TPSA) is 34.1 Å². The van der Waals surface area contributed by atoms with E-state index in [1.165, 1.54) is 0 Å². The van der Waals surface area contributed by atoms with Gasteiger partial charge in [0.2, 0.25) is 0 Å². The minimum atomic E-state index is 0.0664. The summed E-state index contributed by atoms with van der Waals surface area (Å²) in [7, 11) is 0. The number of alkyl halides is 2. The summed E-state index contributed by atoms with van der Waals surface area (Å²) in [6, 6.07) is 11.6. The summed E-state index contributed by atoms with van der Waals surface area (Å²) in [5.41, 5.74) is 5.94. The van der Waals surface area contributed by atoms with Crippen molar-refractivity contribution >= 4 is 34.8 Å². The Hall–Kier alpha value is -1.64. The second-order valence-corrected chi connectivity index (χ2v) is 6.40. The molecule has 0 radical (unpaired) electrons. The Morgan fingerprint density at radius 1 is 0.783 bits per heavy atom. The van der Waals surface area contributed by atoms with Crippen molar-refractivity contribution in [1.82, 2.24) is 0 Å². The van der Waals surface area contributed by atoms with E-state index in [0.29, 0.717) is 35.7 Å². The fourth-order valence-electron chi connectivity index (χ4n) is 3.02. The van der Waals surface area contributed by atoms with Crippen LogP contribution in [0.2, 0.25) is 0 Å². The summed E-state index contributed by atoms with van der Waals surface area (Å²) in [6.45, 7) is 0. The van der Waals surface area contributed by atoms with Gasteiger partial charge in [0.1, 0.15) is 0 Å². The van der Waals surface area contributed by atoms with Crippen LogP contribution in [0.5, 0.6) is 0 Å². The van der Waals surface area contributed by atoms with Crippen molar-refractivity contribution in [2.45, 2.75) is 19.3 Å². The molecular formula is C19H16Cl2O2. The van der Waals surface area contributed by atoms with Gasteiger partial charge in [0, 0.05) is 35.7 Å². The van der Waals surface area contributed by atoms with E-state index in [9.17, 15) is 9.59 Å². The van der Waals surface area contributed by atoms with Gasteiger partial charge in [-0.05, 0) is 40.8 Å². The van der Waals surface area contributed by atoms with Crippen LogP contribution in [0.15, 0.2) is 36.4 Å². The molecule has 0 spiro atoms. The predicted molar refractivity (Wildman–Crippen MR) is 94.0 cm³/mol. The molecule has 0 aliphatic heterocycles. The summed E-state index contributed by atoms with van der Waals surface area (Å²) in [5.74, 6) is 0.804. The lowest BCUT2D eigenvalue weighted by Crippen LogP contribution is -2.00. The highest BCUT2D eigenvalue weighted by Gasteiger charge is 2.21. The molecule has 118 valence electrons. The molecule has 2 aromatic rings. The van der Waals surface area contributed by atoms with Crippen LogP contribution in [-0.4, -0.2) is 23.3 Å². The van der Waals surface area contributed by atoms with Gasteiger partial charge in [-0.15, -0.1) is 23.2 Å². The Balaban J connectivity index is 1.91. The number of rotatable bonds is 6. The number of fused-ring (bicyclic) bond motifs is 3. The average molecular weight is 347 g/mol. The first-order chi connectivity index (χ1) is 11.1. The molecule has 0 heterocycles. The van der Waals surface area contributed by atoms with Gasteiger partial charge in [-0.2, -0.15) is 0 Å². The van der Waals surface area contributed by atoms with Crippen molar-refractivity contribution in [3.05, 3.63) is 58.7 Å². The molecule has 1 aliphatic rings.